The van der Waals surface area contributed by atoms with E-state index in [2.05, 4.69) is 25.3 Å². The van der Waals surface area contributed by atoms with Crippen molar-refractivity contribution in [3.8, 4) is 11.4 Å². The first-order valence-electron chi connectivity index (χ1n) is 10.6. The van der Waals surface area contributed by atoms with E-state index >= 15 is 0 Å². The third-order valence-corrected chi connectivity index (χ3v) is 6.20. The number of piperidine rings is 1. The summed E-state index contributed by atoms with van der Waals surface area (Å²) in [5.74, 6) is 0.912. The van der Waals surface area contributed by atoms with Crippen molar-refractivity contribution in [1.82, 2.24) is 24.8 Å². The summed E-state index contributed by atoms with van der Waals surface area (Å²) in [4.78, 5) is 32.2. The average Bonchev–Trinajstić information content (AvgIpc) is 3.40. The van der Waals surface area contributed by atoms with Crippen LogP contribution in [-0.4, -0.2) is 49.4 Å². The van der Waals surface area contributed by atoms with Gasteiger partial charge in [-0.2, -0.15) is 13.2 Å². The van der Waals surface area contributed by atoms with E-state index in [-0.39, 0.29) is 18.0 Å². The Morgan fingerprint density at radius 3 is 2.55 bits per heavy atom. The number of rotatable bonds is 4. The van der Waals surface area contributed by atoms with Gasteiger partial charge in [-0.1, -0.05) is 0 Å². The molecule has 2 fully saturated rings. The van der Waals surface area contributed by atoms with Crippen molar-refractivity contribution in [3.63, 3.8) is 0 Å². The summed E-state index contributed by atoms with van der Waals surface area (Å²) in [5.41, 5.74) is 0.979. The Labute approximate surface area is 188 Å². The van der Waals surface area contributed by atoms with Crippen molar-refractivity contribution in [3.05, 3.63) is 65.9 Å². The zero-order valence-electron chi connectivity index (χ0n) is 17.8. The highest BCUT2D eigenvalue weighted by Gasteiger charge is 2.47. The molecule has 1 saturated carbocycles. The first-order chi connectivity index (χ1) is 15.8. The second-order valence-corrected chi connectivity index (χ2v) is 8.52. The summed E-state index contributed by atoms with van der Waals surface area (Å²) in [6.45, 7) is 2.51. The summed E-state index contributed by atoms with van der Waals surface area (Å²) in [6, 6.07) is 5.70. The van der Waals surface area contributed by atoms with Gasteiger partial charge in [-0.05, 0) is 55.5 Å². The molecule has 3 aromatic rings. The topological polar surface area (TPSA) is 83.9 Å². The van der Waals surface area contributed by atoms with Crippen molar-refractivity contribution < 1.29 is 18.0 Å². The molecule has 1 amide bonds. The molecule has 1 N–H and O–H groups in total. The van der Waals surface area contributed by atoms with Crippen LogP contribution in [0.5, 0.6) is 0 Å². The van der Waals surface area contributed by atoms with Crippen LogP contribution in [-0.2, 0) is 6.18 Å². The Bertz CT molecular complexity index is 1170. The van der Waals surface area contributed by atoms with Gasteiger partial charge in [-0.25, -0.2) is 15.0 Å². The molecular weight excluding hydrogens is 433 g/mol. The summed E-state index contributed by atoms with van der Waals surface area (Å²) in [5, 5.41) is 3.23. The number of carbonyl (C=O) groups excluding carboxylic acids is 1. The number of amides is 1. The molecule has 0 spiro atoms. The first-order valence-corrected chi connectivity index (χ1v) is 10.6. The van der Waals surface area contributed by atoms with E-state index in [1.165, 1.54) is 6.07 Å². The fourth-order valence-corrected chi connectivity index (χ4v) is 4.74. The summed E-state index contributed by atoms with van der Waals surface area (Å²) in [7, 11) is 0. The summed E-state index contributed by atoms with van der Waals surface area (Å²) in [6.07, 6.45) is 2.93. The molecule has 1 aliphatic carbocycles. The smallest absolute Gasteiger partial charge is 0.365 e. The van der Waals surface area contributed by atoms with Crippen molar-refractivity contribution in [2.24, 2.45) is 5.92 Å². The highest BCUT2D eigenvalue weighted by atomic mass is 19.4. The monoisotopic (exact) mass is 454 g/mol. The molecule has 2 aliphatic rings. The molecule has 4 heterocycles. The minimum absolute atomic E-state index is 0.0979. The van der Waals surface area contributed by atoms with Crippen LogP contribution in [0.2, 0.25) is 0 Å². The van der Waals surface area contributed by atoms with Gasteiger partial charge in [0.2, 0.25) is 0 Å². The molecular formula is C23H21F3N6O. The molecule has 3 aromatic heterocycles. The lowest BCUT2D eigenvalue weighted by Crippen LogP contribution is -2.48. The molecule has 3 atom stereocenters. The minimum Gasteiger partial charge on any atom is -0.365 e. The van der Waals surface area contributed by atoms with Crippen LogP contribution in [0, 0.1) is 12.8 Å². The van der Waals surface area contributed by atoms with Crippen LogP contribution < -0.4 is 5.32 Å². The Kier molecular flexibility index (Phi) is 5.22. The molecule has 33 heavy (non-hydrogen) atoms. The van der Waals surface area contributed by atoms with Gasteiger partial charge in [-0.3, -0.25) is 9.78 Å². The Balaban J connectivity index is 1.37. The first kappa shape index (κ1) is 21.3. The highest BCUT2D eigenvalue weighted by Crippen LogP contribution is 2.40. The zero-order valence-corrected chi connectivity index (χ0v) is 17.8. The van der Waals surface area contributed by atoms with E-state index in [0.29, 0.717) is 35.4 Å². The highest BCUT2D eigenvalue weighted by molar-refractivity contribution is 5.98. The molecule has 1 aliphatic heterocycles. The van der Waals surface area contributed by atoms with Gasteiger partial charge >= 0.3 is 6.18 Å². The van der Waals surface area contributed by atoms with E-state index < -0.39 is 11.7 Å². The van der Waals surface area contributed by atoms with Crippen LogP contribution in [0.1, 0.15) is 34.5 Å². The quantitative estimate of drug-likeness (QED) is 0.642. The third kappa shape index (κ3) is 4.12. The van der Waals surface area contributed by atoms with E-state index in [4.69, 9.17) is 0 Å². The number of halogens is 3. The molecule has 0 aromatic carbocycles. The van der Waals surface area contributed by atoms with Gasteiger partial charge in [0.15, 0.2) is 5.82 Å². The lowest BCUT2D eigenvalue weighted by Gasteiger charge is -2.34. The number of alkyl halides is 3. The van der Waals surface area contributed by atoms with Crippen molar-refractivity contribution in [2.45, 2.75) is 38.0 Å². The fraction of sp³-hybridized carbons (Fsp3) is 0.348. The molecule has 5 rings (SSSR count). The molecule has 10 heteroatoms. The number of nitrogens with one attached hydrogen (secondary N) is 1. The van der Waals surface area contributed by atoms with E-state index in [9.17, 15) is 18.0 Å². The largest absolute Gasteiger partial charge is 0.417 e. The van der Waals surface area contributed by atoms with Crippen LogP contribution in [0.3, 0.4) is 0 Å². The van der Waals surface area contributed by atoms with Gasteiger partial charge in [-0.15, -0.1) is 0 Å². The van der Waals surface area contributed by atoms with Gasteiger partial charge in [0, 0.05) is 37.4 Å². The Morgan fingerprint density at radius 2 is 1.88 bits per heavy atom. The number of aromatic nitrogens is 4. The van der Waals surface area contributed by atoms with Crippen molar-refractivity contribution in [2.75, 3.05) is 11.9 Å². The van der Waals surface area contributed by atoms with Crippen LogP contribution >= 0.6 is 0 Å². The number of pyridine rings is 2. The number of aryl methyl sites for hydroxylation is 1. The van der Waals surface area contributed by atoms with Gasteiger partial charge in [0.25, 0.3) is 5.91 Å². The minimum atomic E-state index is -4.43. The average molecular weight is 454 g/mol. The molecule has 170 valence electrons. The van der Waals surface area contributed by atoms with Crippen molar-refractivity contribution in [1.29, 1.82) is 0 Å². The lowest BCUT2D eigenvalue weighted by atomic mass is 10.0. The molecule has 7 nitrogen and oxygen atoms in total. The van der Waals surface area contributed by atoms with E-state index in [1.807, 2.05) is 13.0 Å². The third-order valence-electron chi connectivity index (χ3n) is 6.20. The Morgan fingerprint density at radius 1 is 1.09 bits per heavy atom. The molecule has 3 unspecified atom stereocenters. The van der Waals surface area contributed by atoms with Crippen molar-refractivity contribution >= 4 is 11.7 Å². The molecule has 1 saturated heterocycles. The molecule has 2 bridgehead atoms. The predicted octanol–water partition coefficient (Wildman–Crippen LogP) is 3.98. The van der Waals surface area contributed by atoms with Crippen LogP contribution in [0.25, 0.3) is 11.4 Å². The maximum Gasteiger partial charge on any atom is 0.417 e. The zero-order chi connectivity index (χ0) is 23.2. The van der Waals surface area contributed by atoms with Gasteiger partial charge < -0.3 is 10.2 Å². The van der Waals surface area contributed by atoms with Gasteiger partial charge in [0.1, 0.15) is 11.5 Å². The normalized spacial score (nSPS) is 21.9. The Hall–Kier alpha value is -3.56. The number of fused-ring (bicyclic) bond motifs is 2. The maximum absolute atomic E-state index is 13.5. The second-order valence-electron chi connectivity index (χ2n) is 8.52. The van der Waals surface area contributed by atoms with E-state index in [1.54, 1.807) is 29.6 Å². The SMILES string of the molecule is Cc1cnc(C(=O)N2CC3CC(Nc4ccc(C(F)(F)F)cn4)C2C3)c(-c2ncccn2)c1. The second kappa shape index (κ2) is 8.09. The fourth-order valence-electron chi connectivity index (χ4n) is 4.74. The lowest BCUT2D eigenvalue weighted by molar-refractivity contribution is -0.137. The van der Waals surface area contributed by atoms with Crippen LogP contribution in [0.15, 0.2) is 49.1 Å². The van der Waals surface area contributed by atoms with Crippen LogP contribution in [0.4, 0.5) is 19.0 Å². The summed E-state index contributed by atoms with van der Waals surface area (Å²) >= 11 is 0. The number of nitrogens with zero attached hydrogens (tertiary/aromatic N) is 5. The maximum atomic E-state index is 13.5. The van der Waals surface area contributed by atoms with E-state index in [0.717, 1.165) is 30.7 Å². The number of likely N-dealkylation sites (tertiary alicyclic amines) is 1. The summed E-state index contributed by atoms with van der Waals surface area (Å²) < 4.78 is 38.4. The standard InChI is InChI=1S/C23H21F3N6O/c1-13-7-16(21-27-5-2-6-28-21)20(30-10-13)22(33)32-12-14-8-17(18(32)9-14)31-19-4-3-15(11-29-19)23(24,25)26/h2-7,10-11,14,17-18H,8-9,12H2,1H3,(H,29,31). The van der Waals surface area contributed by atoms with Gasteiger partial charge in [0.05, 0.1) is 17.2 Å². The number of hydrogen-bond acceptors (Lipinski definition) is 6. The predicted molar refractivity (Wildman–Crippen MR) is 114 cm³/mol. The number of hydrogen-bond donors (Lipinski definition) is 1. The molecule has 0 radical (unpaired) electrons. The number of anilines is 1. The number of carbonyl (C=O) groups is 1.